The van der Waals surface area contributed by atoms with Crippen molar-refractivity contribution in [2.45, 2.75) is 13.0 Å². The standard InChI is InChI=1S/C19H19N5O3/c1-2-22-18(25)23-16-11-21-9-7-14(16)17(24-19(26)27)13-5-3-4-12-6-8-20-10-15(12)13/h3-11,17,24H,2H2,1H3,(H,26,27)(H2,22,23,25). The monoisotopic (exact) mass is 365 g/mol. The zero-order valence-corrected chi connectivity index (χ0v) is 14.6. The molecule has 0 bridgehead atoms. The number of hydrogen-bond acceptors (Lipinski definition) is 4. The van der Waals surface area contributed by atoms with Gasteiger partial charge >= 0.3 is 12.1 Å². The summed E-state index contributed by atoms with van der Waals surface area (Å²) in [6.45, 7) is 2.27. The number of amides is 3. The molecule has 4 N–H and O–H groups in total. The molecule has 2 aromatic heterocycles. The van der Waals surface area contributed by atoms with Crippen molar-refractivity contribution in [3.05, 3.63) is 66.2 Å². The third-order valence-corrected chi connectivity index (χ3v) is 4.05. The summed E-state index contributed by atoms with van der Waals surface area (Å²) < 4.78 is 0. The van der Waals surface area contributed by atoms with Gasteiger partial charge in [0.15, 0.2) is 0 Å². The number of carbonyl (C=O) groups is 2. The minimum Gasteiger partial charge on any atom is -0.465 e. The molecule has 0 fully saturated rings. The Hall–Kier alpha value is -3.68. The molecule has 3 amide bonds. The minimum absolute atomic E-state index is 0.389. The number of rotatable bonds is 5. The van der Waals surface area contributed by atoms with Crippen LogP contribution in [0.25, 0.3) is 10.8 Å². The van der Waals surface area contributed by atoms with Gasteiger partial charge in [-0.2, -0.15) is 0 Å². The second-order valence-electron chi connectivity index (χ2n) is 5.77. The lowest BCUT2D eigenvalue weighted by atomic mass is 9.94. The van der Waals surface area contributed by atoms with Gasteiger partial charge in [0.1, 0.15) is 0 Å². The summed E-state index contributed by atoms with van der Waals surface area (Å²) in [6, 6.07) is 8.05. The smallest absolute Gasteiger partial charge is 0.405 e. The van der Waals surface area contributed by atoms with E-state index >= 15 is 0 Å². The van der Waals surface area contributed by atoms with Crippen molar-refractivity contribution in [1.82, 2.24) is 20.6 Å². The first kappa shape index (κ1) is 18.1. The molecule has 0 aliphatic carbocycles. The Balaban J connectivity index is 2.11. The maximum absolute atomic E-state index is 12.0. The van der Waals surface area contributed by atoms with Gasteiger partial charge in [-0.15, -0.1) is 0 Å². The molecule has 0 radical (unpaired) electrons. The molecule has 0 spiro atoms. The molecular weight excluding hydrogens is 346 g/mol. The van der Waals surface area contributed by atoms with E-state index in [2.05, 4.69) is 25.9 Å². The van der Waals surface area contributed by atoms with Gasteiger partial charge in [0.05, 0.1) is 17.9 Å². The zero-order chi connectivity index (χ0) is 19.2. The Bertz CT molecular complexity index is 971. The molecule has 0 saturated heterocycles. The van der Waals surface area contributed by atoms with Crippen LogP contribution in [0.5, 0.6) is 0 Å². The molecule has 1 aromatic carbocycles. The summed E-state index contributed by atoms with van der Waals surface area (Å²) in [4.78, 5) is 31.7. The van der Waals surface area contributed by atoms with E-state index in [1.165, 1.54) is 6.20 Å². The van der Waals surface area contributed by atoms with Crippen LogP contribution in [0.4, 0.5) is 15.3 Å². The van der Waals surface area contributed by atoms with E-state index in [1.807, 2.05) is 31.2 Å². The van der Waals surface area contributed by atoms with E-state index in [9.17, 15) is 14.7 Å². The van der Waals surface area contributed by atoms with E-state index < -0.39 is 12.1 Å². The lowest BCUT2D eigenvalue weighted by Crippen LogP contribution is -2.31. The van der Waals surface area contributed by atoms with Crippen molar-refractivity contribution >= 4 is 28.6 Å². The van der Waals surface area contributed by atoms with Crippen molar-refractivity contribution in [2.75, 3.05) is 11.9 Å². The lowest BCUT2D eigenvalue weighted by molar-refractivity contribution is 0.192. The molecule has 138 valence electrons. The number of pyridine rings is 2. The summed E-state index contributed by atoms with van der Waals surface area (Å²) in [5.41, 5.74) is 1.73. The van der Waals surface area contributed by atoms with Gasteiger partial charge in [0, 0.05) is 36.1 Å². The Morgan fingerprint density at radius 3 is 2.63 bits per heavy atom. The summed E-state index contributed by atoms with van der Waals surface area (Å²) >= 11 is 0. The average Bonchev–Trinajstić information content (AvgIpc) is 2.66. The van der Waals surface area contributed by atoms with Crippen molar-refractivity contribution in [2.24, 2.45) is 0 Å². The van der Waals surface area contributed by atoms with Crippen molar-refractivity contribution in [3.63, 3.8) is 0 Å². The van der Waals surface area contributed by atoms with Gasteiger partial charge in [-0.1, -0.05) is 18.2 Å². The molecule has 8 nitrogen and oxygen atoms in total. The third-order valence-electron chi connectivity index (χ3n) is 4.05. The highest BCUT2D eigenvalue weighted by Gasteiger charge is 2.22. The first-order chi connectivity index (χ1) is 13.1. The number of benzene rings is 1. The number of carbonyl (C=O) groups excluding carboxylic acids is 1. The second kappa shape index (κ2) is 8.13. The topological polar surface area (TPSA) is 116 Å². The Kier molecular flexibility index (Phi) is 5.46. The van der Waals surface area contributed by atoms with Crippen LogP contribution in [0.2, 0.25) is 0 Å². The molecule has 8 heteroatoms. The van der Waals surface area contributed by atoms with E-state index in [4.69, 9.17) is 0 Å². The van der Waals surface area contributed by atoms with Crippen LogP contribution in [-0.2, 0) is 0 Å². The average molecular weight is 365 g/mol. The summed E-state index contributed by atoms with van der Waals surface area (Å²) in [6.07, 6.45) is 5.24. The lowest BCUT2D eigenvalue weighted by Gasteiger charge is -2.22. The molecule has 0 aliphatic rings. The van der Waals surface area contributed by atoms with Crippen LogP contribution in [0, 0.1) is 0 Å². The maximum Gasteiger partial charge on any atom is 0.405 e. The normalized spacial score (nSPS) is 11.6. The van der Waals surface area contributed by atoms with E-state index in [0.717, 1.165) is 16.3 Å². The van der Waals surface area contributed by atoms with Gasteiger partial charge in [-0.25, -0.2) is 9.59 Å². The van der Waals surface area contributed by atoms with E-state index in [-0.39, 0.29) is 6.03 Å². The fourth-order valence-corrected chi connectivity index (χ4v) is 2.92. The number of anilines is 1. The van der Waals surface area contributed by atoms with Gasteiger partial charge in [0.25, 0.3) is 0 Å². The fourth-order valence-electron chi connectivity index (χ4n) is 2.92. The number of carboxylic acid groups (broad SMARTS) is 1. The number of hydrogen-bond donors (Lipinski definition) is 4. The molecule has 2 heterocycles. The Morgan fingerprint density at radius 1 is 1.07 bits per heavy atom. The van der Waals surface area contributed by atoms with Gasteiger partial charge < -0.3 is 21.1 Å². The first-order valence-electron chi connectivity index (χ1n) is 8.41. The zero-order valence-electron chi connectivity index (χ0n) is 14.6. The van der Waals surface area contributed by atoms with Crippen LogP contribution in [0.3, 0.4) is 0 Å². The quantitative estimate of drug-likeness (QED) is 0.554. The number of fused-ring (bicyclic) bond motifs is 1. The van der Waals surface area contributed by atoms with Gasteiger partial charge in [0.2, 0.25) is 0 Å². The Labute approximate surface area is 155 Å². The first-order valence-corrected chi connectivity index (χ1v) is 8.41. The van der Waals surface area contributed by atoms with Crippen molar-refractivity contribution in [1.29, 1.82) is 0 Å². The predicted molar refractivity (Wildman–Crippen MR) is 102 cm³/mol. The number of urea groups is 1. The maximum atomic E-state index is 12.0. The van der Waals surface area contributed by atoms with Gasteiger partial charge in [-0.05, 0) is 30.0 Å². The Morgan fingerprint density at radius 2 is 1.85 bits per heavy atom. The molecule has 0 aliphatic heterocycles. The van der Waals surface area contributed by atoms with Crippen LogP contribution in [0.15, 0.2) is 55.1 Å². The summed E-state index contributed by atoms with van der Waals surface area (Å²) in [5.74, 6) is 0. The third kappa shape index (κ3) is 4.12. The van der Waals surface area contributed by atoms with Crippen LogP contribution < -0.4 is 16.0 Å². The fraction of sp³-hybridized carbons (Fsp3) is 0.158. The van der Waals surface area contributed by atoms with Crippen molar-refractivity contribution in [3.8, 4) is 0 Å². The largest absolute Gasteiger partial charge is 0.465 e. The summed E-state index contributed by atoms with van der Waals surface area (Å²) in [5, 5.41) is 19.1. The molecule has 3 aromatic rings. The van der Waals surface area contributed by atoms with Gasteiger partial charge in [-0.3, -0.25) is 9.97 Å². The second-order valence-corrected chi connectivity index (χ2v) is 5.77. The molecule has 0 saturated carbocycles. The van der Waals surface area contributed by atoms with Crippen LogP contribution in [0.1, 0.15) is 24.1 Å². The highest BCUT2D eigenvalue weighted by Crippen LogP contribution is 2.32. The molecular formula is C19H19N5O3. The molecule has 1 atom stereocenters. The van der Waals surface area contributed by atoms with E-state index in [0.29, 0.717) is 17.8 Å². The van der Waals surface area contributed by atoms with Crippen LogP contribution >= 0.6 is 0 Å². The van der Waals surface area contributed by atoms with Crippen molar-refractivity contribution < 1.29 is 14.7 Å². The SMILES string of the molecule is CCNC(=O)Nc1cnccc1C(NC(=O)O)c1cccc2ccncc12. The summed E-state index contributed by atoms with van der Waals surface area (Å²) in [7, 11) is 0. The van der Waals surface area contributed by atoms with Crippen LogP contribution in [-0.4, -0.2) is 33.7 Å². The van der Waals surface area contributed by atoms with E-state index in [1.54, 1.807) is 24.7 Å². The minimum atomic E-state index is -1.18. The highest BCUT2D eigenvalue weighted by molar-refractivity contribution is 5.91. The number of nitrogens with one attached hydrogen (secondary N) is 3. The number of aromatic nitrogens is 2. The molecule has 3 rings (SSSR count). The number of nitrogens with zero attached hydrogens (tertiary/aromatic N) is 2. The highest BCUT2D eigenvalue weighted by atomic mass is 16.4. The predicted octanol–water partition coefficient (Wildman–Crippen LogP) is 3.13. The molecule has 27 heavy (non-hydrogen) atoms. The molecule has 1 unspecified atom stereocenters.